The fourth-order valence-corrected chi connectivity index (χ4v) is 1.99. The first-order valence-corrected chi connectivity index (χ1v) is 6.94. The zero-order valence-corrected chi connectivity index (χ0v) is 12.5. The first kappa shape index (κ1) is 14.2. The molecule has 2 rings (SSSR count). The molecule has 4 nitrogen and oxygen atoms in total. The number of nitrogens with zero attached hydrogens (tertiary/aromatic N) is 3. The molecule has 1 N–H and O–H groups in total. The molecule has 0 unspecified atom stereocenters. The second-order valence-corrected chi connectivity index (χ2v) is 5.13. The molecule has 0 atom stereocenters. The molecule has 2 heterocycles. The van der Waals surface area contributed by atoms with Crippen LogP contribution in [0.2, 0.25) is 10.0 Å². The van der Waals surface area contributed by atoms with Crippen molar-refractivity contribution < 1.29 is 0 Å². The summed E-state index contributed by atoms with van der Waals surface area (Å²) >= 11 is 12.1. The van der Waals surface area contributed by atoms with Crippen LogP contribution in [0.5, 0.6) is 0 Å². The van der Waals surface area contributed by atoms with Crippen LogP contribution in [-0.2, 0) is 6.54 Å². The van der Waals surface area contributed by atoms with E-state index in [1.165, 1.54) is 0 Å². The SMILES string of the molecule is CCCNc1ccc(Cl)c(Cn2cc(Cl)c(C)n2)n1. The van der Waals surface area contributed by atoms with Crippen LogP contribution in [-0.4, -0.2) is 21.3 Å². The number of aryl methyl sites for hydroxylation is 1. The molecule has 0 aliphatic rings. The molecule has 0 aliphatic carbocycles. The molecule has 6 heteroatoms. The largest absolute Gasteiger partial charge is 0.370 e. The third kappa shape index (κ3) is 3.61. The standard InChI is InChI=1S/C13H16Cl2N4/c1-3-6-16-13-5-4-10(14)12(17-13)8-19-7-11(15)9(2)18-19/h4-5,7H,3,6,8H2,1-2H3,(H,16,17). The van der Waals surface area contributed by atoms with E-state index in [-0.39, 0.29) is 0 Å². The summed E-state index contributed by atoms with van der Waals surface area (Å²) in [5, 5.41) is 8.82. The Morgan fingerprint density at radius 2 is 2.05 bits per heavy atom. The number of aromatic nitrogens is 3. The molecule has 0 spiro atoms. The third-order valence-corrected chi connectivity index (χ3v) is 3.39. The van der Waals surface area contributed by atoms with Gasteiger partial charge in [0, 0.05) is 12.7 Å². The smallest absolute Gasteiger partial charge is 0.126 e. The Bertz CT molecular complexity index is 546. The molecule has 0 radical (unpaired) electrons. The molecular formula is C13H16Cl2N4. The highest BCUT2D eigenvalue weighted by atomic mass is 35.5. The van der Waals surface area contributed by atoms with Crippen molar-refractivity contribution in [1.29, 1.82) is 0 Å². The maximum Gasteiger partial charge on any atom is 0.126 e. The maximum atomic E-state index is 6.16. The number of halogens is 2. The maximum absolute atomic E-state index is 6.16. The molecule has 0 bridgehead atoms. The van der Waals surface area contributed by atoms with Gasteiger partial charge in [0.25, 0.3) is 0 Å². The van der Waals surface area contributed by atoms with E-state index in [0.717, 1.165) is 30.2 Å². The summed E-state index contributed by atoms with van der Waals surface area (Å²) in [6.45, 7) is 5.38. The monoisotopic (exact) mass is 298 g/mol. The van der Waals surface area contributed by atoms with Crippen LogP contribution < -0.4 is 5.32 Å². The van der Waals surface area contributed by atoms with Gasteiger partial charge in [0.2, 0.25) is 0 Å². The number of hydrogen-bond acceptors (Lipinski definition) is 3. The van der Waals surface area contributed by atoms with Crippen molar-refractivity contribution in [3.8, 4) is 0 Å². The van der Waals surface area contributed by atoms with E-state index in [2.05, 4.69) is 22.3 Å². The Morgan fingerprint density at radius 1 is 1.26 bits per heavy atom. The van der Waals surface area contributed by atoms with E-state index < -0.39 is 0 Å². The highest BCUT2D eigenvalue weighted by Crippen LogP contribution is 2.19. The van der Waals surface area contributed by atoms with Gasteiger partial charge < -0.3 is 5.32 Å². The molecular weight excluding hydrogens is 283 g/mol. The highest BCUT2D eigenvalue weighted by Gasteiger charge is 2.08. The van der Waals surface area contributed by atoms with Gasteiger partial charge in [-0.15, -0.1) is 0 Å². The Hall–Kier alpha value is -1.26. The van der Waals surface area contributed by atoms with Gasteiger partial charge in [-0.25, -0.2) is 4.98 Å². The lowest BCUT2D eigenvalue weighted by molar-refractivity contribution is 0.666. The van der Waals surface area contributed by atoms with E-state index >= 15 is 0 Å². The summed E-state index contributed by atoms with van der Waals surface area (Å²) in [6.07, 6.45) is 2.83. The molecule has 2 aromatic rings. The quantitative estimate of drug-likeness (QED) is 0.914. The van der Waals surface area contributed by atoms with Crippen LogP contribution >= 0.6 is 23.2 Å². The minimum atomic E-state index is 0.508. The van der Waals surface area contributed by atoms with Gasteiger partial charge in [0.05, 0.1) is 28.0 Å². The highest BCUT2D eigenvalue weighted by molar-refractivity contribution is 6.31. The van der Waals surface area contributed by atoms with Crippen molar-refractivity contribution in [2.24, 2.45) is 0 Å². The average Bonchev–Trinajstić information content (AvgIpc) is 2.69. The normalized spacial score (nSPS) is 10.7. The Labute approximate surface area is 122 Å². The molecule has 0 amide bonds. The molecule has 0 aliphatic heterocycles. The van der Waals surface area contributed by atoms with E-state index in [4.69, 9.17) is 23.2 Å². The fourth-order valence-electron chi connectivity index (χ4n) is 1.67. The summed E-state index contributed by atoms with van der Waals surface area (Å²) in [7, 11) is 0. The Balaban J connectivity index is 2.18. The van der Waals surface area contributed by atoms with Gasteiger partial charge in [-0.2, -0.15) is 5.10 Å². The summed E-state index contributed by atoms with van der Waals surface area (Å²) in [6, 6.07) is 3.72. The van der Waals surface area contributed by atoms with Crippen LogP contribution in [0, 0.1) is 6.92 Å². The van der Waals surface area contributed by atoms with E-state index in [9.17, 15) is 0 Å². The predicted octanol–water partition coefficient (Wildman–Crippen LogP) is 3.76. The number of nitrogens with one attached hydrogen (secondary N) is 1. The average molecular weight is 299 g/mol. The number of pyridine rings is 1. The van der Waals surface area contributed by atoms with Crippen LogP contribution in [0.15, 0.2) is 18.3 Å². The first-order chi connectivity index (χ1) is 9.10. The third-order valence-electron chi connectivity index (χ3n) is 2.67. The minimum absolute atomic E-state index is 0.508. The molecule has 0 saturated heterocycles. The zero-order valence-electron chi connectivity index (χ0n) is 11.0. The van der Waals surface area contributed by atoms with Crippen LogP contribution in [0.4, 0.5) is 5.82 Å². The molecule has 19 heavy (non-hydrogen) atoms. The first-order valence-electron chi connectivity index (χ1n) is 6.19. The second-order valence-electron chi connectivity index (χ2n) is 4.31. The zero-order chi connectivity index (χ0) is 13.8. The van der Waals surface area contributed by atoms with Crippen molar-refractivity contribution in [1.82, 2.24) is 14.8 Å². The molecule has 102 valence electrons. The van der Waals surface area contributed by atoms with Crippen molar-refractivity contribution in [3.63, 3.8) is 0 Å². The van der Waals surface area contributed by atoms with E-state index in [1.807, 2.05) is 19.1 Å². The van der Waals surface area contributed by atoms with Crippen LogP contribution in [0.1, 0.15) is 24.7 Å². The van der Waals surface area contributed by atoms with Crippen molar-refractivity contribution in [2.75, 3.05) is 11.9 Å². The van der Waals surface area contributed by atoms with Gasteiger partial charge >= 0.3 is 0 Å². The summed E-state index contributed by atoms with van der Waals surface area (Å²) in [5.41, 5.74) is 1.58. The molecule has 0 fully saturated rings. The summed E-state index contributed by atoms with van der Waals surface area (Å²) < 4.78 is 1.75. The number of rotatable bonds is 5. The van der Waals surface area contributed by atoms with Crippen LogP contribution in [0.25, 0.3) is 0 Å². The minimum Gasteiger partial charge on any atom is -0.370 e. The lowest BCUT2D eigenvalue weighted by Gasteiger charge is -2.08. The van der Waals surface area contributed by atoms with Crippen molar-refractivity contribution >= 4 is 29.0 Å². The van der Waals surface area contributed by atoms with Gasteiger partial charge in [-0.3, -0.25) is 4.68 Å². The van der Waals surface area contributed by atoms with Crippen molar-refractivity contribution in [3.05, 3.63) is 39.8 Å². The molecule has 2 aromatic heterocycles. The molecule has 0 saturated carbocycles. The van der Waals surface area contributed by atoms with Gasteiger partial charge in [0.1, 0.15) is 5.82 Å². The van der Waals surface area contributed by atoms with Gasteiger partial charge in [-0.05, 0) is 25.5 Å². The van der Waals surface area contributed by atoms with Gasteiger partial charge in [0.15, 0.2) is 0 Å². The Morgan fingerprint density at radius 3 is 2.68 bits per heavy atom. The van der Waals surface area contributed by atoms with E-state index in [1.54, 1.807) is 10.9 Å². The molecule has 0 aromatic carbocycles. The lowest BCUT2D eigenvalue weighted by Crippen LogP contribution is -2.07. The van der Waals surface area contributed by atoms with Crippen LogP contribution in [0.3, 0.4) is 0 Å². The van der Waals surface area contributed by atoms with Crippen molar-refractivity contribution in [2.45, 2.75) is 26.8 Å². The predicted molar refractivity (Wildman–Crippen MR) is 79.1 cm³/mol. The van der Waals surface area contributed by atoms with E-state index in [0.29, 0.717) is 16.6 Å². The lowest BCUT2D eigenvalue weighted by atomic mass is 10.3. The fraction of sp³-hybridized carbons (Fsp3) is 0.385. The van der Waals surface area contributed by atoms with Gasteiger partial charge in [-0.1, -0.05) is 30.1 Å². The topological polar surface area (TPSA) is 42.7 Å². The number of anilines is 1. The summed E-state index contributed by atoms with van der Waals surface area (Å²) in [5.74, 6) is 0.830. The Kier molecular flexibility index (Phi) is 4.66. The number of hydrogen-bond donors (Lipinski definition) is 1. The summed E-state index contributed by atoms with van der Waals surface area (Å²) in [4.78, 5) is 4.50. The second kappa shape index (κ2) is 6.26.